The number of para-hydroxylation sites is 1. The largest absolute Gasteiger partial charge is 0.457 e. The van der Waals surface area contributed by atoms with Gasteiger partial charge in [0, 0.05) is 31.5 Å². The number of anilines is 1. The number of aromatic nitrogens is 2. The van der Waals surface area contributed by atoms with E-state index in [2.05, 4.69) is 15.5 Å². The lowest BCUT2D eigenvalue weighted by Gasteiger charge is -2.38. The lowest BCUT2D eigenvalue weighted by atomic mass is 9.87. The molecule has 2 saturated heterocycles. The van der Waals surface area contributed by atoms with Gasteiger partial charge in [0.15, 0.2) is 5.78 Å². The summed E-state index contributed by atoms with van der Waals surface area (Å²) in [6.07, 6.45) is 3.02. The molecule has 4 aliphatic rings. The number of carbonyl (C=O) groups excluding carboxylic acids is 6. The molecule has 0 radical (unpaired) electrons. The number of rotatable bonds is 19. The van der Waals surface area contributed by atoms with Crippen molar-refractivity contribution in [3.8, 4) is 22.8 Å². The first-order valence-corrected chi connectivity index (χ1v) is 21.5. The molecule has 0 bridgehead atoms. The Morgan fingerprint density at radius 1 is 0.778 bits per heavy atom. The molecule has 17 heteroatoms. The zero-order valence-electron chi connectivity index (χ0n) is 34.9. The van der Waals surface area contributed by atoms with Crippen LogP contribution in [0.1, 0.15) is 74.8 Å². The highest BCUT2D eigenvalue weighted by atomic mass is 16.5. The average Bonchev–Trinajstić information content (AvgIpc) is 3.79. The van der Waals surface area contributed by atoms with Crippen molar-refractivity contribution in [2.45, 2.75) is 50.6 Å². The van der Waals surface area contributed by atoms with Crippen molar-refractivity contribution in [3.63, 3.8) is 0 Å². The van der Waals surface area contributed by atoms with Crippen LogP contribution < -0.4 is 21.1 Å². The minimum Gasteiger partial charge on any atom is -0.457 e. The summed E-state index contributed by atoms with van der Waals surface area (Å²) in [6.45, 7) is 5.20. The van der Waals surface area contributed by atoms with Crippen molar-refractivity contribution in [2.24, 2.45) is 11.7 Å². The summed E-state index contributed by atoms with van der Waals surface area (Å²) in [6, 6.07) is 20.8. The summed E-state index contributed by atoms with van der Waals surface area (Å²) in [5.41, 5.74) is 8.55. The average molecular weight is 862 g/mol. The monoisotopic (exact) mass is 861 g/mol. The smallest absolute Gasteiger partial charge is 0.262 e. The number of hydrogen-bond donors (Lipinski definition) is 3. The molecule has 1 unspecified atom stereocenters. The van der Waals surface area contributed by atoms with Crippen LogP contribution in [0.5, 0.6) is 11.5 Å². The number of fused-ring (bicyclic) bond motifs is 2. The number of ether oxygens (including phenoxy) is 4. The summed E-state index contributed by atoms with van der Waals surface area (Å²) in [7, 11) is 0. The molecule has 2 fully saturated rings. The molecule has 0 aliphatic carbocycles. The van der Waals surface area contributed by atoms with E-state index in [-0.39, 0.29) is 55.4 Å². The van der Waals surface area contributed by atoms with E-state index < -0.39 is 35.6 Å². The molecular weight excluding hydrogens is 811 g/mol. The van der Waals surface area contributed by atoms with Crippen molar-refractivity contribution in [3.05, 3.63) is 95.1 Å². The fourth-order valence-electron chi connectivity index (χ4n) is 8.77. The maximum atomic E-state index is 13.1. The molecule has 63 heavy (non-hydrogen) atoms. The first-order chi connectivity index (χ1) is 30.6. The molecule has 330 valence electrons. The number of primary amides is 1. The van der Waals surface area contributed by atoms with Crippen LogP contribution in [0.25, 0.3) is 11.3 Å². The van der Waals surface area contributed by atoms with Gasteiger partial charge in [-0.3, -0.25) is 39.0 Å². The first-order valence-electron chi connectivity index (χ1n) is 21.5. The standard InChI is InChI=1S/C46H51N7O10/c47-42(56)40-41(31-7-9-34(10-8-31)63-33-4-2-1-3-5-33)50-53-37(14-17-48-43(40)53)30-15-18-51(19-16-30)20-21-60-22-23-61-24-25-62-28-32(54)26-29-6-11-35-36(27-29)46(59)52(45(35)58)38-12-13-39(55)49-44(38)57/h1-11,27,30,37-38,48H,12-26,28H2,(H2,47,56)(H,49,55,57)/t37-,38?/m0/s1. The van der Waals surface area contributed by atoms with Crippen LogP contribution in [0.2, 0.25) is 0 Å². The van der Waals surface area contributed by atoms with Crippen molar-refractivity contribution >= 4 is 41.1 Å². The number of nitrogens with two attached hydrogens (primary N) is 1. The third kappa shape index (κ3) is 10.0. The molecule has 3 aromatic carbocycles. The highest BCUT2D eigenvalue weighted by Gasteiger charge is 2.44. The van der Waals surface area contributed by atoms with Gasteiger partial charge in [-0.25, -0.2) is 4.68 Å². The number of imide groups is 2. The second kappa shape index (κ2) is 19.8. The molecule has 4 N–H and O–H groups in total. The van der Waals surface area contributed by atoms with Gasteiger partial charge in [0.25, 0.3) is 17.7 Å². The third-order valence-corrected chi connectivity index (χ3v) is 12.0. The molecule has 2 atom stereocenters. The highest BCUT2D eigenvalue weighted by molar-refractivity contribution is 6.23. The van der Waals surface area contributed by atoms with Gasteiger partial charge in [-0.1, -0.05) is 24.3 Å². The van der Waals surface area contributed by atoms with Crippen molar-refractivity contribution in [1.82, 2.24) is 24.9 Å². The number of nitrogens with one attached hydrogen (secondary N) is 2. The quantitative estimate of drug-likeness (QED) is 0.0906. The van der Waals surface area contributed by atoms with Crippen LogP contribution in [0.15, 0.2) is 72.8 Å². The Morgan fingerprint density at radius 3 is 2.21 bits per heavy atom. The van der Waals surface area contributed by atoms with E-state index in [0.717, 1.165) is 61.7 Å². The zero-order chi connectivity index (χ0) is 43.9. The van der Waals surface area contributed by atoms with Gasteiger partial charge in [0.1, 0.15) is 41.2 Å². The summed E-state index contributed by atoms with van der Waals surface area (Å²) in [5, 5.41) is 10.6. The maximum Gasteiger partial charge on any atom is 0.262 e. The molecule has 5 amide bonds. The predicted octanol–water partition coefficient (Wildman–Crippen LogP) is 3.77. The van der Waals surface area contributed by atoms with Gasteiger partial charge >= 0.3 is 0 Å². The van der Waals surface area contributed by atoms with Gasteiger partial charge < -0.3 is 34.9 Å². The van der Waals surface area contributed by atoms with Crippen LogP contribution >= 0.6 is 0 Å². The first kappa shape index (κ1) is 43.4. The number of piperidine rings is 2. The number of ketones is 1. The molecule has 0 saturated carbocycles. The molecule has 8 rings (SSSR count). The zero-order valence-corrected chi connectivity index (χ0v) is 34.9. The van der Waals surface area contributed by atoms with Crippen LogP contribution in [-0.2, 0) is 35.0 Å². The van der Waals surface area contributed by atoms with Crippen molar-refractivity contribution in [2.75, 3.05) is 71.1 Å². The molecule has 4 aliphatic heterocycles. The summed E-state index contributed by atoms with van der Waals surface area (Å²) in [4.78, 5) is 78.5. The topological polar surface area (TPSA) is 214 Å². The van der Waals surface area contributed by atoms with E-state index >= 15 is 0 Å². The second-order valence-corrected chi connectivity index (χ2v) is 16.1. The molecule has 5 heterocycles. The van der Waals surface area contributed by atoms with Gasteiger partial charge in [-0.2, -0.15) is 5.10 Å². The summed E-state index contributed by atoms with van der Waals surface area (Å²) < 4.78 is 24.9. The van der Waals surface area contributed by atoms with Gasteiger partial charge in [0.2, 0.25) is 11.8 Å². The Morgan fingerprint density at radius 2 is 1.48 bits per heavy atom. The minimum absolute atomic E-state index is 0.00407. The van der Waals surface area contributed by atoms with Gasteiger partial charge in [-0.15, -0.1) is 0 Å². The highest BCUT2D eigenvalue weighted by Crippen LogP contribution is 2.40. The Labute approximate surface area is 364 Å². The minimum atomic E-state index is -1.05. The molecule has 1 aromatic heterocycles. The van der Waals surface area contributed by atoms with Crippen molar-refractivity contribution < 1.29 is 47.7 Å². The van der Waals surface area contributed by atoms with E-state index in [9.17, 15) is 28.8 Å². The van der Waals surface area contributed by atoms with E-state index in [0.29, 0.717) is 60.7 Å². The Balaban J connectivity index is 0.704. The van der Waals surface area contributed by atoms with Gasteiger partial charge in [-0.05, 0) is 98.8 Å². The fourth-order valence-corrected chi connectivity index (χ4v) is 8.77. The Hall–Kier alpha value is -6.27. The Bertz CT molecular complexity index is 2340. The maximum absolute atomic E-state index is 13.1. The predicted molar refractivity (Wildman–Crippen MR) is 228 cm³/mol. The second-order valence-electron chi connectivity index (χ2n) is 16.1. The lowest BCUT2D eigenvalue weighted by Crippen LogP contribution is -2.54. The van der Waals surface area contributed by atoms with Gasteiger partial charge in [0.05, 0.1) is 50.2 Å². The van der Waals surface area contributed by atoms with E-state index in [1.54, 1.807) is 6.07 Å². The summed E-state index contributed by atoms with van der Waals surface area (Å²) >= 11 is 0. The number of benzene rings is 3. The van der Waals surface area contributed by atoms with E-state index in [4.69, 9.17) is 29.8 Å². The van der Waals surface area contributed by atoms with E-state index in [1.165, 1.54) is 12.1 Å². The lowest BCUT2D eigenvalue weighted by molar-refractivity contribution is -0.136. The normalized spacial score (nSPS) is 19.1. The molecule has 17 nitrogen and oxygen atoms in total. The van der Waals surface area contributed by atoms with Crippen LogP contribution in [-0.4, -0.2) is 127 Å². The fraction of sp³-hybridized carbons (Fsp3) is 0.413. The van der Waals surface area contributed by atoms with Crippen LogP contribution in [0, 0.1) is 5.92 Å². The Kier molecular flexibility index (Phi) is 13.7. The third-order valence-electron chi connectivity index (χ3n) is 12.0. The number of carbonyl (C=O) groups is 6. The molecule has 4 aromatic rings. The number of likely N-dealkylation sites (tertiary alicyclic amines) is 1. The number of amides is 5. The number of hydrogen-bond acceptors (Lipinski definition) is 13. The molecular formula is C46H51N7O10. The van der Waals surface area contributed by atoms with Crippen LogP contribution in [0.3, 0.4) is 0 Å². The SMILES string of the molecule is NC(=O)c1c(-c2ccc(Oc3ccccc3)cc2)nn2c1NCC[C@H]2C1CCN(CCOCCOCCOCC(=O)Cc2ccc3c(c2)C(=O)N(C2CCC(=O)NC2=O)C3=O)CC1. The number of nitrogens with zero attached hydrogens (tertiary/aromatic N) is 4. The van der Waals surface area contributed by atoms with Crippen molar-refractivity contribution in [1.29, 1.82) is 0 Å². The van der Waals surface area contributed by atoms with E-state index in [1.807, 2.05) is 59.3 Å². The van der Waals surface area contributed by atoms with Crippen LogP contribution in [0.4, 0.5) is 5.82 Å². The summed E-state index contributed by atoms with van der Waals surface area (Å²) in [5.74, 6) is -0.536. The number of Topliss-reactive ketones (excluding diaryl/α,β-unsaturated/α-hetero) is 1. The molecule has 0 spiro atoms.